The Bertz CT molecular complexity index is 439. The van der Waals surface area contributed by atoms with Crippen molar-refractivity contribution in [1.82, 2.24) is 4.90 Å². The molecular formula is C23H39NO2. The Morgan fingerprint density at radius 2 is 1.58 bits per heavy atom. The molecular weight excluding hydrogens is 322 g/mol. The van der Waals surface area contributed by atoms with Crippen LogP contribution < -0.4 is 0 Å². The van der Waals surface area contributed by atoms with Crippen LogP contribution in [0.2, 0.25) is 0 Å². The van der Waals surface area contributed by atoms with E-state index in [1.165, 1.54) is 44.9 Å². The van der Waals surface area contributed by atoms with Gasteiger partial charge in [0.2, 0.25) is 5.91 Å². The molecule has 0 bridgehead atoms. The van der Waals surface area contributed by atoms with E-state index in [9.17, 15) is 9.59 Å². The zero-order valence-corrected chi connectivity index (χ0v) is 16.9. The van der Waals surface area contributed by atoms with Gasteiger partial charge in [0.05, 0.1) is 0 Å². The average molecular weight is 362 g/mol. The van der Waals surface area contributed by atoms with Crippen molar-refractivity contribution in [3.05, 3.63) is 24.4 Å². The molecule has 0 aromatic carbocycles. The minimum atomic E-state index is 0.111. The van der Waals surface area contributed by atoms with Gasteiger partial charge in [-0.15, -0.1) is 0 Å². The van der Waals surface area contributed by atoms with Gasteiger partial charge >= 0.3 is 0 Å². The standard InChI is InChI=1S/C23H39NO2/c1-2-3-4-12-17-22(25)18-13-9-7-5-6-8-10-14-19-23(26)24-20-15-11-16-21-24/h14-15,19-20H,2-13,16-18,21H2,1H3. The maximum atomic E-state index is 11.9. The van der Waals surface area contributed by atoms with E-state index in [2.05, 4.69) is 13.0 Å². The molecule has 0 atom stereocenters. The van der Waals surface area contributed by atoms with Gasteiger partial charge < -0.3 is 4.90 Å². The molecule has 1 aliphatic heterocycles. The third-order valence-corrected chi connectivity index (χ3v) is 4.98. The van der Waals surface area contributed by atoms with Gasteiger partial charge in [-0.25, -0.2) is 0 Å². The van der Waals surface area contributed by atoms with Crippen LogP contribution in [0.3, 0.4) is 0 Å². The molecule has 0 spiro atoms. The first kappa shape index (κ1) is 22.7. The second-order valence-corrected chi connectivity index (χ2v) is 7.47. The van der Waals surface area contributed by atoms with E-state index < -0.39 is 0 Å². The number of nitrogens with zero attached hydrogens (tertiary/aromatic N) is 1. The summed E-state index contributed by atoms with van der Waals surface area (Å²) in [4.78, 5) is 25.5. The van der Waals surface area contributed by atoms with E-state index in [0.29, 0.717) is 5.78 Å². The highest BCUT2D eigenvalue weighted by atomic mass is 16.2. The Labute approximate surface area is 160 Å². The summed E-state index contributed by atoms with van der Waals surface area (Å²) >= 11 is 0. The summed E-state index contributed by atoms with van der Waals surface area (Å²) in [5.41, 5.74) is 0. The van der Waals surface area contributed by atoms with Gasteiger partial charge in [0.1, 0.15) is 5.78 Å². The Morgan fingerprint density at radius 1 is 0.923 bits per heavy atom. The molecule has 148 valence electrons. The van der Waals surface area contributed by atoms with Gasteiger partial charge in [0, 0.05) is 25.6 Å². The molecule has 0 radical (unpaired) electrons. The predicted octanol–water partition coefficient (Wildman–Crippen LogP) is 6.34. The second-order valence-electron chi connectivity index (χ2n) is 7.47. The molecule has 3 heteroatoms. The summed E-state index contributed by atoms with van der Waals surface area (Å²) < 4.78 is 0. The van der Waals surface area contributed by atoms with Gasteiger partial charge in [0.15, 0.2) is 0 Å². The molecule has 1 amide bonds. The number of carbonyl (C=O) groups excluding carboxylic acids is 2. The molecule has 0 unspecified atom stereocenters. The Balaban J connectivity index is 1.88. The average Bonchev–Trinajstić information content (AvgIpc) is 2.67. The van der Waals surface area contributed by atoms with E-state index >= 15 is 0 Å². The molecule has 26 heavy (non-hydrogen) atoms. The molecule has 3 nitrogen and oxygen atoms in total. The van der Waals surface area contributed by atoms with Crippen LogP contribution in [0.25, 0.3) is 0 Å². The Morgan fingerprint density at radius 3 is 2.23 bits per heavy atom. The first-order valence-corrected chi connectivity index (χ1v) is 10.9. The van der Waals surface area contributed by atoms with Crippen molar-refractivity contribution >= 4 is 11.7 Å². The van der Waals surface area contributed by atoms with Gasteiger partial charge in [-0.3, -0.25) is 9.59 Å². The minimum Gasteiger partial charge on any atom is -0.316 e. The van der Waals surface area contributed by atoms with Gasteiger partial charge in [0.25, 0.3) is 0 Å². The third-order valence-electron chi connectivity index (χ3n) is 4.98. The fourth-order valence-electron chi connectivity index (χ4n) is 3.28. The SMILES string of the molecule is CCCCCCC(=O)CCCCCCCCC=CC(=O)N1C=CCCC1. The zero-order valence-electron chi connectivity index (χ0n) is 16.9. The fraction of sp³-hybridized carbons (Fsp3) is 0.739. The normalized spacial score (nSPS) is 14.3. The Kier molecular flexibility index (Phi) is 13.8. The summed E-state index contributed by atoms with van der Waals surface area (Å²) in [5.74, 6) is 0.569. The quantitative estimate of drug-likeness (QED) is 0.252. The lowest BCUT2D eigenvalue weighted by Gasteiger charge is -2.19. The number of amides is 1. The van der Waals surface area contributed by atoms with E-state index in [-0.39, 0.29) is 5.91 Å². The number of hydrogen-bond acceptors (Lipinski definition) is 2. The molecule has 1 heterocycles. The van der Waals surface area contributed by atoms with Crippen molar-refractivity contribution in [2.75, 3.05) is 6.54 Å². The van der Waals surface area contributed by atoms with Crippen LogP contribution in [0.15, 0.2) is 24.4 Å². The number of carbonyl (C=O) groups is 2. The second kappa shape index (κ2) is 15.8. The molecule has 1 rings (SSSR count). The van der Waals surface area contributed by atoms with Crippen LogP contribution in [0.4, 0.5) is 0 Å². The summed E-state index contributed by atoms with van der Waals surface area (Å²) in [6.07, 6.45) is 24.3. The fourth-order valence-corrected chi connectivity index (χ4v) is 3.28. The number of ketones is 1. The zero-order chi connectivity index (χ0) is 18.9. The monoisotopic (exact) mass is 361 g/mol. The summed E-state index contributed by atoms with van der Waals surface area (Å²) in [6.45, 7) is 3.05. The number of allylic oxidation sites excluding steroid dienone is 2. The smallest absolute Gasteiger partial charge is 0.250 e. The minimum absolute atomic E-state index is 0.111. The number of unbranched alkanes of at least 4 members (excludes halogenated alkanes) is 9. The van der Waals surface area contributed by atoms with E-state index in [0.717, 1.165) is 57.9 Å². The maximum Gasteiger partial charge on any atom is 0.250 e. The first-order valence-electron chi connectivity index (χ1n) is 10.9. The molecule has 0 saturated heterocycles. The van der Waals surface area contributed by atoms with Crippen LogP contribution in [0.1, 0.15) is 103 Å². The van der Waals surface area contributed by atoms with E-state index in [1.807, 2.05) is 12.3 Å². The molecule has 1 aliphatic rings. The topological polar surface area (TPSA) is 37.4 Å². The highest BCUT2D eigenvalue weighted by Gasteiger charge is 2.08. The molecule has 0 fully saturated rings. The summed E-state index contributed by atoms with van der Waals surface area (Å²) in [7, 11) is 0. The predicted molar refractivity (Wildman–Crippen MR) is 110 cm³/mol. The highest BCUT2D eigenvalue weighted by molar-refractivity contribution is 5.88. The molecule has 0 aromatic heterocycles. The lowest BCUT2D eigenvalue weighted by molar-refractivity contribution is -0.124. The molecule has 0 aromatic rings. The van der Waals surface area contributed by atoms with Gasteiger partial charge in [-0.05, 0) is 44.6 Å². The van der Waals surface area contributed by atoms with Crippen molar-refractivity contribution in [3.63, 3.8) is 0 Å². The lowest BCUT2D eigenvalue weighted by Crippen LogP contribution is -2.26. The van der Waals surface area contributed by atoms with Crippen molar-refractivity contribution in [1.29, 1.82) is 0 Å². The number of hydrogen-bond donors (Lipinski definition) is 0. The van der Waals surface area contributed by atoms with Crippen molar-refractivity contribution < 1.29 is 9.59 Å². The Hall–Kier alpha value is -1.38. The first-order chi connectivity index (χ1) is 12.7. The number of Topliss-reactive ketones (excluding diaryl/α,β-unsaturated/α-hetero) is 1. The summed E-state index contributed by atoms with van der Waals surface area (Å²) in [5, 5.41) is 0. The van der Waals surface area contributed by atoms with Crippen LogP contribution >= 0.6 is 0 Å². The maximum absolute atomic E-state index is 11.9. The largest absolute Gasteiger partial charge is 0.316 e. The van der Waals surface area contributed by atoms with Crippen LogP contribution in [-0.4, -0.2) is 23.1 Å². The molecule has 0 saturated carbocycles. The summed E-state index contributed by atoms with van der Waals surface area (Å²) in [6, 6.07) is 0. The van der Waals surface area contributed by atoms with Crippen LogP contribution in [0, 0.1) is 0 Å². The highest BCUT2D eigenvalue weighted by Crippen LogP contribution is 2.12. The van der Waals surface area contributed by atoms with E-state index in [4.69, 9.17) is 0 Å². The van der Waals surface area contributed by atoms with Crippen molar-refractivity contribution in [2.45, 2.75) is 103 Å². The van der Waals surface area contributed by atoms with E-state index in [1.54, 1.807) is 11.0 Å². The van der Waals surface area contributed by atoms with Gasteiger partial charge in [-0.1, -0.05) is 64.0 Å². The van der Waals surface area contributed by atoms with Crippen LogP contribution in [-0.2, 0) is 9.59 Å². The molecule has 0 aliphatic carbocycles. The molecule has 0 N–H and O–H groups in total. The van der Waals surface area contributed by atoms with Crippen LogP contribution in [0.5, 0.6) is 0 Å². The third kappa shape index (κ3) is 12.1. The number of rotatable bonds is 15. The van der Waals surface area contributed by atoms with Crippen molar-refractivity contribution in [2.24, 2.45) is 0 Å². The van der Waals surface area contributed by atoms with Crippen molar-refractivity contribution in [3.8, 4) is 0 Å². The van der Waals surface area contributed by atoms with Gasteiger partial charge in [-0.2, -0.15) is 0 Å². The lowest BCUT2D eigenvalue weighted by atomic mass is 10.0.